The van der Waals surface area contributed by atoms with Gasteiger partial charge in [0.05, 0.1) is 17.5 Å². The fourth-order valence-electron chi connectivity index (χ4n) is 6.75. The van der Waals surface area contributed by atoms with Gasteiger partial charge in [0.2, 0.25) is 35.6 Å². The first kappa shape index (κ1) is 28.3. The molecule has 0 radical (unpaired) electrons. The Hall–Kier alpha value is -4.22. The predicted molar refractivity (Wildman–Crippen MR) is 140 cm³/mol. The van der Waals surface area contributed by atoms with E-state index in [9.17, 15) is 36.9 Å². The van der Waals surface area contributed by atoms with Crippen LogP contribution in [0, 0.1) is 30.6 Å². The predicted octanol–water partition coefficient (Wildman–Crippen LogP) is 4.70. The summed E-state index contributed by atoms with van der Waals surface area (Å²) in [6, 6.07) is 12.1. The summed E-state index contributed by atoms with van der Waals surface area (Å²) in [5.41, 5.74) is -0.163. The van der Waals surface area contributed by atoms with Crippen LogP contribution in [0.5, 0.6) is 0 Å². The number of hydrogen-bond acceptors (Lipinski definition) is 6. The second-order valence-electron chi connectivity index (χ2n) is 10.9. The Bertz CT molecular complexity index is 1450. The average Bonchev–Trinajstić information content (AvgIpc) is 3.32. The highest BCUT2D eigenvalue weighted by Gasteiger charge is 2.61. The van der Waals surface area contributed by atoms with Gasteiger partial charge in [0.25, 0.3) is 0 Å². The van der Waals surface area contributed by atoms with E-state index in [1.54, 1.807) is 31.2 Å². The molecule has 2 heterocycles. The second kappa shape index (κ2) is 10.6. The third-order valence-corrected chi connectivity index (χ3v) is 8.74. The molecule has 0 N–H and O–H groups in total. The number of fused-ring (bicyclic) bond motifs is 5. The van der Waals surface area contributed by atoms with Gasteiger partial charge in [-0.3, -0.25) is 29.0 Å². The summed E-state index contributed by atoms with van der Waals surface area (Å²) in [6.45, 7) is 1.80. The Morgan fingerprint density at radius 2 is 1.34 bits per heavy atom. The first-order valence-electron chi connectivity index (χ1n) is 13.0. The zero-order chi connectivity index (χ0) is 29.6. The summed E-state index contributed by atoms with van der Waals surface area (Å²) in [7, 11) is 1.37. The fourth-order valence-corrected chi connectivity index (χ4v) is 6.75. The minimum atomic E-state index is -1.69. The topological polar surface area (TPSA) is 99.5 Å². The van der Waals surface area contributed by atoms with Crippen molar-refractivity contribution in [3.63, 3.8) is 0 Å². The van der Waals surface area contributed by atoms with Crippen LogP contribution >= 0.6 is 0 Å². The van der Waals surface area contributed by atoms with Gasteiger partial charge in [0.15, 0.2) is 0 Å². The van der Waals surface area contributed by atoms with Gasteiger partial charge in [-0.25, -0.2) is 0 Å². The molecule has 2 aromatic rings. The summed E-state index contributed by atoms with van der Waals surface area (Å²) in [6.07, 6.45) is -1.43. The molecule has 12 heteroatoms. The van der Waals surface area contributed by atoms with Gasteiger partial charge in [-0.05, 0) is 42.5 Å². The molecule has 4 unspecified atom stereocenters. The zero-order valence-electron chi connectivity index (χ0n) is 22.2. The van der Waals surface area contributed by atoms with E-state index < -0.39 is 77.5 Å². The average molecular weight is 571 g/mol. The molecule has 5 rings (SSSR count). The number of benzene rings is 2. The highest BCUT2D eigenvalue weighted by molar-refractivity contribution is 6.19. The van der Waals surface area contributed by atoms with Crippen LogP contribution < -0.4 is 4.90 Å². The van der Waals surface area contributed by atoms with Crippen molar-refractivity contribution >= 4 is 41.2 Å². The number of halogens is 4. The van der Waals surface area contributed by atoms with Gasteiger partial charge in [0.1, 0.15) is 0 Å². The van der Waals surface area contributed by atoms with E-state index in [-0.39, 0.29) is 24.1 Å². The maximum absolute atomic E-state index is 14.4. The molecule has 3 aliphatic rings. The monoisotopic (exact) mass is 570 g/mol. The van der Waals surface area contributed by atoms with Crippen molar-refractivity contribution in [1.29, 1.82) is 0 Å². The van der Waals surface area contributed by atoms with Gasteiger partial charge >= 0.3 is 0 Å². The first-order valence-corrected chi connectivity index (χ1v) is 13.0. The number of likely N-dealkylation sites (tertiary alicyclic amines) is 1. The van der Waals surface area contributed by atoms with Gasteiger partial charge < -0.3 is 0 Å². The van der Waals surface area contributed by atoms with E-state index in [2.05, 4.69) is 10.4 Å². The molecular weight excluding hydrogens is 544 g/mol. The number of imide groups is 2. The summed E-state index contributed by atoms with van der Waals surface area (Å²) >= 11 is 0. The standard InChI is InChI=1S/C29H26F4N4O4/c1-15-3-5-16(6-4-15)29(13-22(30)34-32,14-23(31)35-33)17-7-9-18(10-8-17)37-24(38)12-19-20-11-21(25(19)28(37)41)27(40)36(2)26(20)39/h3-10,19-21,25H,11-14H2,1-2H3/b34-22-,35-23-. The SMILES string of the molecule is Cc1ccc(C(C/C(F)=N/F)(C/C(F)=N/F)c2ccc(N3C(=O)CC4C5CC(C(=O)N(C)C5=O)C4C3=O)cc2)cc1. The Morgan fingerprint density at radius 1 is 0.829 bits per heavy atom. The summed E-state index contributed by atoms with van der Waals surface area (Å²) in [5, 5.41) is 4.20. The van der Waals surface area contributed by atoms with Crippen LogP contribution in [0.1, 0.15) is 42.4 Å². The maximum Gasteiger partial charge on any atom is 0.237 e. The molecule has 3 fully saturated rings. The van der Waals surface area contributed by atoms with E-state index in [1.807, 2.05) is 0 Å². The molecule has 2 aromatic carbocycles. The quantitative estimate of drug-likeness (QED) is 0.274. The molecule has 8 nitrogen and oxygen atoms in total. The number of carbonyl (C=O) groups is 4. The van der Waals surface area contributed by atoms with Crippen molar-refractivity contribution < 1.29 is 36.9 Å². The third kappa shape index (κ3) is 4.64. The maximum atomic E-state index is 14.4. The van der Waals surface area contributed by atoms with Crippen molar-refractivity contribution in [1.82, 2.24) is 4.90 Å². The third-order valence-electron chi connectivity index (χ3n) is 8.74. The summed E-state index contributed by atoms with van der Waals surface area (Å²) < 4.78 is 54.8. The zero-order valence-corrected chi connectivity index (χ0v) is 22.2. The van der Waals surface area contributed by atoms with Crippen molar-refractivity contribution in [3.05, 3.63) is 65.2 Å². The molecule has 1 aliphatic carbocycles. The Balaban J connectivity index is 1.54. The van der Waals surface area contributed by atoms with Crippen LogP contribution in [0.3, 0.4) is 0 Å². The van der Waals surface area contributed by atoms with Gasteiger partial charge in [-0.2, -0.15) is 8.78 Å². The minimum absolute atomic E-state index is 0.101. The van der Waals surface area contributed by atoms with Crippen LogP contribution in [0.4, 0.5) is 23.4 Å². The number of piperidine rings is 2. The summed E-state index contributed by atoms with van der Waals surface area (Å²) in [5.74, 6) is -7.60. The lowest BCUT2D eigenvalue weighted by atomic mass is 9.69. The van der Waals surface area contributed by atoms with Crippen molar-refractivity contribution in [2.45, 2.75) is 38.0 Å². The van der Waals surface area contributed by atoms with E-state index in [0.29, 0.717) is 5.56 Å². The minimum Gasteiger partial charge on any atom is -0.285 e. The van der Waals surface area contributed by atoms with E-state index in [0.717, 1.165) is 15.4 Å². The Labute approximate surface area is 232 Å². The molecule has 2 aliphatic heterocycles. The lowest BCUT2D eigenvalue weighted by Crippen LogP contribution is -2.50. The fraction of sp³-hybridized carbons (Fsp3) is 0.379. The molecular formula is C29H26F4N4O4. The summed E-state index contributed by atoms with van der Waals surface area (Å²) in [4.78, 5) is 54.2. The molecule has 1 saturated carbocycles. The van der Waals surface area contributed by atoms with Crippen LogP contribution in [0.2, 0.25) is 0 Å². The van der Waals surface area contributed by atoms with Crippen molar-refractivity contribution in [3.8, 4) is 0 Å². The lowest BCUT2D eigenvalue weighted by Gasteiger charge is -2.36. The molecule has 4 amide bonds. The molecule has 41 heavy (non-hydrogen) atoms. The molecule has 214 valence electrons. The first-order chi connectivity index (χ1) is 19.5. The highest BCUT2D eigenvalue weighted by Crippen LogP contribution is 2.51. The number of nitrogens with zero attached hydrogens (tertiary/aromatic N) is 4. The number of amides is 4. The number of anilines is 1. The van der Waals surface area contributed by atoms with Crippen LogP contribution in [0.15, 0.2) is 59.0 Å². The normalized spacial score (nSPS) is 25.2. The van der Waals surface area contributed by atoms with E-state index in [1.165, 1.54) is 31.3 Å². The van der Waals surface area contributed by atoms with E-state index >= 15 is 0 Å². The van der Waals surface area contributed by atoms with E-state index in [4.69, 9.17) is 0 Å². The lowest BCUT2D eigenvalue weighted by molar-refractivity contribution is -0.152. The second-order valence-corrected chi connectivity index (χ2v) is 10.9. The van der Waals surface area contributed by atoms with Crippen LogP contribution in [-0.2, 0) is 24.6 Å². The van der Waals surface area contributed by atoms with Gasteiger partial charge in [-0.15, -0.1) is 0 Å². The smallest absolute Gasteiger partial charge is 0.237 e. The van der Waals surface area contributed by atoms with Crippen molar-refractivity contribution in [2.75, 3.05) is 11.9 Å². The van der Waals surface area contributed by atoms with Crippen LogP contribution in [-0.4, -0.2) is 47.5 Å². The molecule has 4 atom stereocenters. The Morgan fingerprint density at radius 3 is 1.88 bits per heavy atom. The molecule has 2 bridgehead atoms. The number of aryl methyl sites for hydroxylation is 1. The molecule has 0 aromatic heterocycles. The van der Waals surface area contributed by atoms with Gasteiger partial charge in [-0.1, -0.05) is 61.4 Å². The largest absolute Gasteiger partial charge is 0.285 e. The molecule has 2 saturated heterocycles. The molecule has 0 spiro atoms. The number of carbonyl (C=O) groups excluding carboxylic acids is 4. The highest BCUT2D eigenvalue weighted by atomic mass is 19.2. The van der Waals surface area contributed by atoms with Crippen molar-refractivity contribution in [2.24, 2.45) is 34.1 Å². The Kier molecular flexibility index (Phi) is 7.35. The number of hydrogen-bond donors (Lipinski definition) is 0. The van der Waals surface area contributed by atoms with Crippen LogP contribution in [0.25, 0.3) is 0 Å². The van der Waals surface area contributed by atoms with Gasteiger partial charge in [0, 0.05) is 37.6 Å². The number of rotatable bonds is 7.